The smallest absolute Gasteiger partial charge is 0.0746 e. The molecule has 0 aromatic heterocycles. The number of rotatable bonds is 3. The van der Waals surface area contributed by atoms with Gasteiger partial charge in [0.15, 0.2) is 0 Å². The van der Waals surface area contributed by atoms with Crippen molar-refractivity contribution in [2.45, 2.75) is 25.4 Å². The van der Waals surface area contributed by atoms with Gasteiger partial charge in [-0.05, 0) is 26.3 Å². The minimum absolute atomic E-state index is 0.493. The van der Waals surface area contributed by atoms with Gasteiger partial charge in [0.2, 0.25) is 0 Å². The van der Waals surface area contributed by atoms with Gasteiger partial charge in [0, 0.05) is 19.0 Å². The standard InChI is InChI=1S/C10H18ClNO/c1-10(13)5-4-8-12(9-10)7-3-2-6-11/h2-3,13H,4-9H2,1H3/b3-2+. The molecule has 1 atom stereocenters. The molecule has 1 N–H and O–H groups in total. The van der Waals surface area contributed by atoms with Crippen LogP contribution in [0.3, 0.4) is 0 Å². The number of likely N-dealkylation sites (tertiary alicyclic amines) is 1. The third-order valence-corrected chi connectivity index (χ3v) is 2.55. The van der Waals surface area contributed by atoms with E-state index in [4.69, 9.17) is 11.6 Å². The summed E-state index contributed by atoms with van der Waals surface area (Å²) >= 11 is 5.52. The van der Waals surface area contributed by atoms with E-state index in [0.29, 0.717) is 5.88 Å². The van der Waals surface area contributed by atoms with Gasteiger partial charge in [-0.15, -0.1) is 11.6 Å². The van der Waals surface area contributed by atoms with Crippen molar-refractivity contribution < 1.29 is 5.11 Å². The number of alkyl halides is 1. The zero-order valence-electron chi connectivity index (χ0n) is 8.17. The quantitative estimate of drug-likeness (QED) is 0.557. The molecule has 1 unspecified atom stereocenters. The van der Waals surface area contributed by atoms with Crippen molar-refractivity contribution in [3.05, 3.63) is 12.2 Å². The zero-order valence-corrected chi connectivity index (χ0v) is 8.93. The second-order valence-corrected chi connectivity index (χ2v) is 4.27. The fourth-order valence-electron chi connectivity index (χ4n) is 1.77. The minimum Gasteiger partial charge on any atom is -0.389 e. The molecule has 13 heavy (non-hydrogen) atoms. The molecule has 0 aliphatic carbocycles. The highest BCUT2D eigenvalue weighted by Gasteiger charge is 2.27. The fourth-order valence-corrected chi connectivity index (χ4v) is 1.89. The molecule has 0 amide bonds. The Bertz CT molecular complexity index is 180. The van der Waals surface area contributed by atoms with Gasteiger partial charge in [-0.25, -0.2) is 0 Å². The van der Waals surface area contributed by atoms with E-state index in [1.54, 1.807) is 0 Å². The van der Waals surface area contributed by atoms with E-state index in [2.05, 4.69) is 11.0 Å². The maximum absolute atomic E-state index is 9.81. The lowest BCUT2D eigenvalue weighted by atomic mass is 9.95. The van der Waals surface area contributed by atoms with Crippen LogP contribution >= 0.6 is 11.6 Å². The summed E-state index contributed by atoms with van der Waals surface area (Å²) in [7, 11) is 0. The fraction of sp³-hybridized carbons (Fsp3) is 0.800. The molecule has 0 radical (unpaired) electrons. The van der Waals surface area contributed by atoms with Gasteiger partial charge in [0.05, 0.1) is 5.60 Å². The van der Waals surface area contributed by atoms with Crippen molar-refractivity contribution in [3.63, 3.8) is 0 Å². The Hall–Kier alpha value is -0.0500. The number of β-amino-alcohol motifs (C(OH)–C–C–N with tert-alkyl or cyclic N) is 1. The summed E-state index contributed by atoms with van der Waals surface area (Å²) < 4.78 is 0. The van der Waals surface area contributed by atoms with Gasteiger partial charge in [-0.2, -0.15) is 0 Å². The molecule has 2 nitrogen and oxygen atoms in total. The molecule has 3 heteroatoms. The lowest BCUT2D eigenvalue weighted by Crippen LogP contribution is -2.45. The Morgan fingerprint density at radius 2 is 2.31 bits per heavy atom. The highest BCUT2D eigenvalue weighted by Crippen LogP contribution is 2.19. The van der Waals surface area contributed by atoms with E-state index in [0.717, 1.165) is 32.5 Å². The molecule has 0 bridgehead atoms. The second kappa shape index (κ2) is 4.99. The first kappa shape index (κ1) is 11.0. The van der Waals surface area contributed by atoms with Crippen LogP contribution in [0.4, 0.5) is 0 Å². The summed E-state index contributed by atoms with van der Waals surface area (Å²) in [4.78, 5) is 2.26. The molecule has 1 saturated heterocycles. The van der Waals surface area contributed by atoms with E-state index in [1.165, 1.54) is 0 Å². The summed E-state index contributed by atoms with van der Waals surface area (Å²) in [6.07, 6.45) is 6.02. The van der Waals surface area contributed by atoms with Gasteiger partial charge in [0.25, 0.3) is 0 Å². The number of hydrogen-bond acceptors (Lipinski definition) is 2. The van der Waals surface area contributed by atoms with Crippen LogP contribution in [0.1, 0.15) is 19.8 Å². The van der Waals surface area contributed by atoms with Gasteiger partial charge < -0.3 is 5.11 Å². The molecule has 76 valence electrons. The first-order chi connectivity index (χ1) is 6.14. The largest absolute Gasteiger partial charge is 0.389 e. The maximum Gasteiger partial charge on any atom is 0.0746 e. The number of aliphatic hydroxyl groups is 1. The van der Waals surface area contributed by atoms with Crippen LogP contribution in [0.5, 0.6) is 0 Å². The Morgan fingerprint density at radius 1 is 1.54 bits per heavy atom. The highest BCUT2D eigenvalue weighted by molar-refractivity contribution is 6.18. The van der Waals surface area contributed by atoms with Crippen molar-refractivity contribution in [1.82, 2.24) is 4.90 Å². The first-order valence-electron chi connectivity index (χ1n) is 4.80. The molecular formula is C10H18ClNO. The van der Waals surface area contributed by atoms with E-state index >= 15 is 0 Å². The Labute approximate surface area is 85.2 Å². The van der Waals surface area contributed by atoms with Crippen LogP contribution in [0, 0.1) is 0 Å². The maximum atomic E-state index is 9.81. The lowest BCUT2D eigenvalue weighted by molar-refractivity contribution is -0.0116. The van der Waals surface area contributed by atoms with Crippen LogP contribution in [0.25, 0.3) is 0 Å². The number of hydrogen-bond donors (Lipinski definition) is 1. The molecule has 0 saturated carbocycles. The lowest BCUT2D eigenvalue weighted by Gasteiger charge is -2.36. The number of nitrogens with zero attached hydrogens (tertiary/aromatic N) is 1. The van der Waals surface area contributed by atoms with Gasteiger partial charge in [-0.3, -0.25) is 4.90 Å². The SMILES string of the molecule is CC1(O)CCCN(C/C=C/CCl)C1. The van der Waals surface area contributed by atoms with E-state index in [1.807, 2.05) is 13.0 Å². The number of piperidine rings is 1. The summed E-state index contributed by atoms with van der Waals surface area (Å²) in [6.45, 7) is 4.68. The molecule has 1 rings (SSSR count). The van der Waals surface area contributed by atoms with Crippen LogP contribution in [0.2, 0.25) is 0 Å². The van der Waals surface area contributed by atoms with Gasteiger partial charge in [-0.1, -0.05) is 12.2 Å². The topological polar surface area (TPSA) is 23.5 Å². The third-order valence-electron chi connectivity index (χ3n) is 2.37. The number of halogens is 1. The molecule has 0 aromatic rings. The normalized spacial score (nSPS) is 31.3. The first-order valence-corrected chi connectivity index (χ1v) is 5.33. The van der Waals surface area contributed by atoms with E-state index in [-0.39, 0.29) is 0 Å². The minimum atomic E-state index is -0.493. The predicted octanol–water partition coefficient (Wildman–Crippen LogP) is 1.63. The summed E-state index contributed by atoms with van der Waals surface area (Å²) in [5.41, 5.74) is -0.493. The molecule has 0 spiro atoms. The second-order valence-electron chi connectivity index (χ2n) is 3.96. The third kappa shape index (κ3) is 4.12. The van der Waals surface area contributed by atoms with Gasteiger partial charge >= 0.3 is 0 Å². The number of allylic oxidation sites excluding steroid dienone is 1. The average molecular weight is 204 g/mol. The predicted molar refractivity (Wildman–Crippen MR) is 56.2 cm³/mol. The van der Waals surface area contributed by atoms with Crippen LogP contribution < -0.4 is 0 Å². The molecule has 1 fully saturated rings. The van der Waals surface area contributed by atoms with Crippen LogP contribution in [-0.2, 0) is 0 Å². The highest BCUT2D eigenvalue weighted by atomic mass is 35.5. The van der Waals surface area contributed by atoms with Crippen LogP contribution in [0.15, 0.2) is 12.2 Å². The molecular weight excluding hydrogens is 186 g/mol. The average Bonchev–Trinajstić information content (AvgIpc) is 2.03. The zero-order chi connectivity index (χ0) is 9.73. The van der Waals surface area contributed by atoms with Gasteiger partial charge in [0.1, 0.15) is 0 Å². The van der Waals surface area contributed by atoms with E-state index < -0.39 is 5.60 Å². The monoisotopic (exact) mass is 203 g/mol. The summed E-state index contributed by atoms with van der Waals surface area (Å²) in [6, 6.07) is 0. The summed E-state index contributed by atoms with van der Waals surface area (Å²) in [5.74, 6) is 0.574. The van der Waals surface area contributed by atoms with Crippen molar-refractivity contribution >= 4 is 11.6 Å². The van der Waals surface area contributed by atoms with E-state index in [9.17, 15) is 5.11 Å². The molecule has 1 aliphatic heterocycles. The van der Waals surface area contributed by atoms with Crippen molar-refractivity contribution in [3.8, 4) is 0 Å². The molecule has 1 aliphatic rings. The van der Waals surface area contributed by atoms with Crippen molar-refractivity contribution in [2.24, 2.45) is 0 Å². The Morgan fingerprint density at radius 3 is 2.92 bits per heavy atom. The Kier molecular flexibility index (Phi) is 4.23. The summed E-state index contributed by atoms with van der Waals surface area (Å²) in [5, 5.41) is 9.81. The molecule has 0 aromatic carbocycles. The van der Waals surface area contributed by atoms with Crippen LogP contribution in [-0.4, -0.2) is 41.1 Å². The Balaban J connectivity index is 2.30. The van der Waals surface area contributed by atoms with Crippen molar-refractivity contribution in [1.29, 1.82) is 0 Å². The molecule has 1 heterocycles. The van der Waals surface area contributed by atoms with Crippen molar-refractivity contribution in [2.75, 3.05) is 25.5 Å².